The van der Waals surface area contributed by atoms with Crippen LogP contribution in [0, 0.1) is 0 Å². The van der Waals surface area contributed by atoms with E-state index in [1.54, 1.807) is 56.8 Å². The number of allylic oxidation sites excluding steroid dienone is 1. The molecule has 0 saturated carbocycles. The van der Waals surface area contributed by atoms with Gasteiger partial charge in [-0.3, -0.25) is 14.3 Å². The molecule has 9 heteroatoms. The average molecular weight is 452 g/mol. The van der Waals surface area contributed by atoms with Crippen LogP contribution in [-0.4, -0.2) is 36.8 Å². The van der Waals surface area contributed by atoms with Gasteiger partial charge in [0.2, 0.25) is 0 Å². The van der Waals surface area contributed by atoms with E-state index in [0.29, 0.717) is 32.1 Å². The van der Waals surface area contributed by atoms with Gasteiger partial charge in [0.25, 0.3) is 5.56 Å². The number of fused-ring (bicyclic) bond motifs is 1. The number of carbonyl (C=O) groups is 1. The van der Waals surface area contributed by atoms with E-state index in [1.165, 1.54) is 30.1 Å². The van der Waals surface area contributed by atoms with Gasteiger partial charge < -0.3 is 14.2 Å². The fourth-order valence-corrected chi connectivity index (χ4v) is 4.69. The van der Waals surface area contributed by atoms with Crippen molar-refractivity contribution in [3.8, 4) is 11.5 Å². The Hall–Kier alpha value is -3.72. The number of hydrogen-bond acceptors (Lipinski definition) is 8. The van der Waals surface area contributed by atoms with E-state index >= 15 is 0 Å². The number of pyridine rings is 1. The van der Waals surface area contributed by atoms with Crippen LogP contribution in [0.25, 0.3) is 6.08 Å². The summed E-state index contributed by atoms with van der Waals surface area (Å²) >= 11 is 1.25. The highest BCUT2D eigenvalue weighted by atomic mass is 32.1. The third-order valence-corrected chi connectivity index (χ3v) is 6.13. The van der Waals surface area contributed by atoms with E-state index in [0.717, 1.165) is 5.56 Å². The Morgan fingerprint density at radius 3 is 2.66 bits per heavy atom. The Bertz CT molecular complexity index is 1390. The molecular formula is C23H21N3O5S. The van der Waals surface area contributed by atoms with Gasteiger partial charge >= 0.3 is 5.97 Å². The van der Waals surface area contributed by atoms with Gasteiger partial charge in [-0.25, -0.2) is 9.79 Å². The summed E-state index contributed by atoms with van der Waals surface area (Å²) in [6.45, 7) is 1.73. The van der Waals surface area contributed by atoms with Gasteiger partial charge in [-0.1, -0.05) is 17.4 Å². The number of esters is 1. The van der Waals surface area contributed by atoms with Crippen LogP contribution in [0.5, 0.6) is 11.5 Å². The zero-order valence-corrected chi connectivity index (χ0v) is 18.8. The van der Waals surface area contributed by atoms with Crippen molar-refractivity contribution in [1.29, 1.82) is 0 Å². The number of ether oxygens (including phenoxy) is 3. The quantitative estimate of drug-likeness (QED) is 0.550. The molecule has 0 fully saturated rings. The van der Waals surface area contributed by atoms with Crippen molar-refractivity contribution in [2.75, 3.05) is 21.3 Å². The van der Waals surface area contributed by atoms with Crippen LogP contribution in [0.15, 0.2) is 63.8 Å². The second kappa shape index (κ2) is 8.80. The molecule has 3 aromatic rings. The third kappa shape index (κ3) is 3.71. The molecule has 0 spiro atoms. The molecule has 1 atom stereocenters. The molecule has 0 unspecified atom stereocenters. The minimum Gasteiger partial charge on any atom is -0.497 e. The average Bonchev–Trinajstić information content (AvgIpc) is 3.12. The number of methoxy groups -OCH3 is 3. The predicted molar refractivity (Wildman–Crippen MR) is 120 cm³/mol. The molecule has 0 radical (unpaired) electrons. The number of benzene rings is 1. The number of carbonyl (C=O) groups excluding carboxylic acids is 1. The normalized spacial score (nSPS) is 15.8. The largest absolute Gasteiger partial charge is 0.497 e. The Balaban J connectivity index is 2.01. The summed E-state index contributed by atoms with van der Waals surface area (Å²) in [5, 5.41) is 0. The first-order chi connectivity index (χ1) is 15.5. The maximum absolute atomic E-state index is 13.5. The van der Waals surface area contributed by atoms with Crippen LogP contribution in [0.3, 0.4) is 0 Å². The molecule has 1 aliphatic heterocycles. The summed E-state index contributed by atoms with van der Waals surface area (Å²) in [6.07, 6.45) is 5.10. The van der Waals surface area contributed by atoms with Gasteiger partial charge in [-0.05, 0) is 36.8 Å². The minimum atomic E-state index is -0.768. The Morgan fingerprint density at radius 1 is 1.19 bits per heavy atom. The van der Waals surface area contributed by atoms with Crippen molar-refractivity contribution in [2.24, 2.45) is 4.99 Å². The molecule has 1 aromatic carbocycles. The summed E-state index contributed by atoms with van der Waals surface area (Å²) in [5.74, 6) is 0.512. The number of hydrogen-bond donors (Lipinski definition) is 0. The fraction of sp³-hybridized carbons (Fsp3) is 0.217. The van der Waals surface area contributed by atoms with Gasteiger partial charge in [0.05, 0.1) is 37.1 Å². The number of rotatable bonds is 5. The molecule has 32 heavy (non-hydrogen) atoms. The summed E-state index contributed by atoms with van der Waals surface area (Å²) in [6, 6.07) is 8.14. The molecule has 8 nitrogen and oxygen atoms in total. The molecule has 0 N–H and O–H groups in total. The van der Waals surface area contributed by atoms with Crippen molar-refractivity contribution in [3.63, 3.8) is 0 Å². The number of aromatic nitrogens is 2. The summed E-state index contributed by atoms with van der Waals surface area (Å²) in [4.78, 5) is 35.4. The molecule has 3 heterocycles. The van der Waals surface area contributed by atoms with E-state index in [2.05, 4.69) is 9.98 Å². The zero-order valence-electron chi connectivity index (χ0n) is 18.0. The van der Waals surface area contributed by atoms with Crippen LogP contribution >= 0.6 is 11.3 Å². The molecule has 0 saturated heterocycles. The van der Waals surface area contributed by atoms with E-state index in [9.17, 15) is 9.59 Å². The lowest BCUT2D eigenvalue weighted by atomic mass is 9.95. The fourth-order valence-electron chi connectivity index (χ4n) is 3.64. The number of nitrogens with zero attached hydrogens (tertiary/aromatic N) is 3. The Morgan fingerprint density at radius 2 is 2.00 bits per heavy atom. The summed E-state index contributed by atoms with van der Waals surface area (Å²) < 4.78 is 17.9. The lowest BCUT2D eigenvalue weighted by Crippen LogP contribution is -2.40. The zero-order chi connectivity index (χ0) is 22.8. The SMILES string of the molecule is COC(=O)C1=C(C)N=c2sc(=Cc3cccnc3)c(=O)n2[C@@H]1c1ccc(OC)cc1OC. The maximum Gasteiger partial charge on any atom is 0.338 e. The molecule has 4 rings (SSSR count). The molecular weight excluding hydrogens is 430 g/mol. The van der Waals surface area contributed by atoms with Gasteiger partial charge in [-0.15, -0.1) is 0 Å². The smallest absolute Gasteiger partial charge is 0.338 e. The first-order valence-electron chi connectivity index (χ1n) is 9.71. The molecule has 164 valence electrons. The molecule has 0 bridgehead atoms. The highest BCUT2D eigenvalue weighted by Gasteiger charge is 2.35. The first-order valence-corrected chi connectivity index (χ1v) is 10.5. The molecule has 2 aromatic heterocycles. The van der Waals surface area contributed by atoms with Crippen LogP contribution in [0.2, 0.25) is 0 Å². The van der Waals surface area contributed by atoms with Crippen LogP contribution in [-0.2, 0) is 9.53 Å². The summed E-state index contributed by atoms with van der Waals surface area (Å²) in [7, 11) is 4.39. The van der Waals surface area contributed by atoms with Crippen molar-refractivity contribution < 1.29 is 19.0 Å². The van der Waals surface area contributed by atoms with Gasteiger partial charge in [0.1, 0.15) is 17.5 Å². The van der Waals surface area contributed by atoms with Gasteiger partial charge in [-0.2, -0.15) is 0 Å². The second-order valence-electron chi connectivity index (χ2n) is 6.97. The van der Waals surface area contributed by atoms with Crippen LogP contribution in [0.4, 0.5) is 0 Å². The first kappa shape index (κ1) is 21.5. The lowest BCUT2D eigenvalue weighted by molar-refractivity contribution is -0.136. The summed E-state index contributed by atoms with van der Waals surface area (Å²) in [5.41, 5.74) is 1.90. The topological polar surface area (TPSA) is 92.0 Å². The van der Waals surface area contributed by atoms with E-state index in [4.69, 9.17) is 14.2 Å². The standard InChI is InChI=1S/C23H21N3O5S/c1-13-19(22(28)31-4)20(16-8-7-15(29-2)11-17(16)30-3)26-21(27)18(32-23(26)25-13)10-14-6-5-9-24-12-14/h5-12,20H,1-4H3/t20-/m1/s1. The van der Waals surface area contributed by atoms with Crippen molar-refractivity contribution in [3.05, 3.63) is 84.8 Å². The van der Waals surface area contributed by atoms with E-state index in [-0.39, 0.29) is 11.1 Å². The number of thiazole rings is 1. The van der Waals surface area contributed by atoms with Crippen molar-refractivity contribution >= 4 is 23.4 Å². The van der Waals surface area contributed by atoms with Crippen LogP contribution < -0.4 is 24.4 Å². The predicted octanol–water partition coefficient (Wildman–Crippen LogP) is 1.82. The van der Waals surface area contributed by atoms with E-state index in [1.807, 2.05) is 6.07 Å². The van der Waals surface area contributed by atoms with E-state index < -0.39 is 12.0 Å². The minimum absolute atomic E-state index is 0.269. The second-order valence-corrected chi connectivity index (χ2v) is 7.98. The van der Waals surface area contributed by atoms with Gasteiger partial charge in [0.15, 0.2) is 4.80 Å². The Labute approximate surface area is 187 Å². The molecule has 1 aliphatic rings. The van der Waals surface area contributed by atoms with Crippen molar-refractivity contribution in [1.82, 2.24) is 9.55 Å². The van der Waals surface area contributed by atoms with Gasteiger partial charge in [0, 0.05) is 24.0 Å². The highest BCUT2D eigenvalue weighted by Crippen LogP contribution is 2.37. The Kier molecular flexibility index (Phi) is 5.91. The molecule has 0 aliphatic carbocycles. The maximum atomic E-state index is 13.5. The lowest BCUT2D eigenvalue weighted by Gasteiger charge is -2.25. The highest BCUT2D eigenvalue weighted by molar-refractivity contribution is 7.07. The molecule has 0 amide bonds. The van der Waals surface area contributed by atoms with Crippen molar-refractivity contribution in [2.45, 2.75) is 13.0 Å². The monoisotopic (exact) mass is 451 g/mol. The third-order valence-electron chi connectivity index (χ3n) is 5.14. The van der Waals surface area contributed by atoms with Crippen LogP contribution in [0.1, 0.15) is 24.1 Å².